The number of carbonyl (C=O) groups is 2. The number of piperazine rings is 1. The van der Waals surface area contributed by atoms with Crippen LogP contribution in [0.3, 0.4) is 0 Å². The van der Waals surface area contributed by atoms with Gasteiger partial charge in [0.05, 0.1) is 23.8 Å². The van der Waals surface area contributed by atoms with Crippen LogP contribution in [0.5, 0.6) is 0 Å². The monoisotopic (exact) mass is 407 g/mol. The summed E-state index contributed by atoms with van der Waals surface area (Å²) in [5, 5.41) is 2.92. The predicted molar refractivity (Wildman–Crippen MR) is 117 cm³/mol. The van der Waals surface area contributed by atoms with E-state index in [-0.39, 0.29) is 18.2 Å². The molecule has 2 aliphatic heterocycles. The maximum absolute atomic E-state index is 13.1. The second kappa shape index (κ2) is 9.87. The molecule has 0 spiro atoms. The van der Waals surface area contributed by atoms with E-state index in [4.69, 9.17) is 4.74 Å². The smallest absolute Gasteiger partial charge is 0.256 e. The first-order chi connectivity index (χ1) is 14.7. The first-order valence-electron chi connectivity index (χ1n) is 10.7. The van der Waals surface area contributed by atoms with E-state index in [1.807, 2.05) is 47.4 Å². The van der Waals surface area contributed by atoms with E-state index < -0.39 is 0 Å². The fourth-order valence-electron chi connectivity index (χ4n) is 4.13. The minimum Gasteiger partial charge on any atom is -0.377 e. The van der Waals surface area contributed by atoms with Crippen molar-refractivity contribution >= 4 is 17.5 Å². The Kier molecular flexibility index (Phi) is 6.77. The number of carbonyl (C=O) groups excluding carboxylic acids is 2. The second-order valence-corrected chi connectivity index (χ2v) is 7.98. The van der Waals surface area contributed by atoms with Gasteiger partial charge in [-0.3, -0.25) is 14.5 Å². The summed E-state index contributed by atoms with van der Waals surface area (Å²) in [5.74, 6) is -0.148. The van der Waals surface area contributed by atoms with Gasteiger partial charge in [0.2, 0.25) is 5.91 Å². The van der Waals surface area contributed by atoms with Crippen molar-refractivity contribution in [2.45, 2.75) is 25.4 Å². The van der Waals surface area contributed by atoms with E-state index in [0.717, 1.165) is 44.6 Å². The summed E-state index contributed by atoms with van der Waals surface area (Å²) >= 11 is 0. The number of rotatable bonds is 6. The van der Waals surface area contributed by atoms with Crippen molar-refractivity contribution in [3.8, 4) is 0 Å². The molecule has 0 aromatic heterocycles. The van der Waals surface area contributed by atoms with Crippen molar-refractivity contribution in [1.82, 2.24) is 9.80 Å². The maximum atomic E-state index is 13.1. The fraction of sp³-hybridized carbons (Fsp3) is 0.417. The number of anilines is 1. The zero-order valence-corrected chi connectivity index (χ0v) is 17.3. The minimum atomic E-state index is -0.122. The molecule has 4 rings (SSSR count). The molecule has 2 saturated heterocycles. The molecule has 1 N–H and O–H groups in total. The minimum absolute atomic E-state index is 0.0256. The number of amides is 2. The third kappa shape index (κ3) is 5.26. The van der Waals surface area contributed by atoms with E-state index in [2.05, 4.69) is 10.2 Å². The highest BCUT2D eigenvalue weighted by molar-refractivity contribution is 6.04. The van der Waals surface area contributed by atoms with Crippen LogP contribution in [-0.2, 0) is 16.0 Å². The zero-order valence-electron chi connectivity index (χ0n) is 17.3. The Bertz CT molecular complexity index is 857. The fourth-order valence-corrected chi connectivity index (χ4v) is 4.13. The van der Waals surface area contributed by atoms with Gasteiger partial charge >= 0.3 is 0 Å². The lowest BCUT2D eigenvalue weighted by atomic mass is 10.1. The highest BCUT2D eigenvalue weighted by Crippen LogP contribution is 2.20. The van der Waals surface area contributed by atoms with Gasteiger partial charge in [-0.15, -0.1) is 0 Å². The van der Waals surface area contributed by atoms with Gasteiger partial charge in [-0.05, 0) is 30.5 Å². The Morgan fingerprint density at radius 3 is 2.43 bits per heavy atom. The van der Waals surface area contributed by atoms with Crippen LogP contribution in [0.25, 0.3) is 0 Å². The standard InChI is InChI=1S/C24H29N3O3/c28-23(17-19-7-2-1-3-8-19)25-22-11-5-4-10-21(22)24(29)27-14-12-26(13-15-27)18-20-9-6-16-30-20/h1-5,7-8,10-11,20H,6,9,12-18H2,(H,25,28). The number of hydrogen-bond acceptors (Lipinski definition) is 4. The average molecular weight is 408 g/mol. The quantitative estimate of drug-likeness (QED) is 0.800. The van der Waals surface area contributed by atoms with Gasteiger partial charge in [0.25, 0.3) is 5.91 Å². The van der Waals surface area contributed by atoms with Gasteiger partial charge in [-0.25, -0.2) is 0 Å². The summed E-state index contributed by atoms with van der Waals surface area (Å²) in [6, 6.07) is 16.9. The van der Waals surface area contributed by atoms with Gasteiger partial charge in [0.1, 0.15) is 0 Å². The van der Waals surface area contributed by atoms with Crippen molar-refractivity contribution in [2.24, 2.45) is 0 Å². The number of benzene rings is 2. The van der Waals surface area contributed by atoms with Crippen molar-refractivity contribution in [1.29, 1.82) is 0 Å². The average Bonchev–Trinajstić information content (AvgIpc) is 3.28. The Morgan fingerprint density at radius 1 is 0.967 bits per heavy atom. The van der Waals surface area contributed by atoms with Crippen LogP contribution in [0.15, 0.2) is 54.6 Å². The molecule has 0 saturated carbocycles. The Labute approximate surface area is 177 Å². The van der Waals surface area contributed by atoms with Crippen LogP contribution in [0.4, 0.5) is 5.69 Å². The number of ether oxygens (including phenoxy) is 1. The molecule has 2 aromatic rings. The van der Waals surface area contributed by atoms with Crippen molar-refractivity contribution in [2.75, 3.05) is 44.6 Å². The third-order valence-corrected chi connectivity index (χ3v) is 5.78. The van der Waals surface area contributed by atoms with Gasteiger partial charge in [-0.2, -0.15) is 0 Å². The molecule has 0 aliphatic carbocycles. The molecular weight excluding hydrogens is 378 g/mol. The molecular formula is C24H29N3O3. The molecule has 2 amide bonds. The summed E-state index contributed by atoms with van der Waals surface area (Å²) in [4.78, 5) is 29.9. The van der Waals surface area contributed by atoms with E-state index in [0.29, 0.717) is 30.4 Å². The number of para-hydroxylation sites is 1. The van der Waals surface area contributed by atoms with E-state index in [9.17, 15) is 9.59 Å². The SMILES string of the molecule is O=C(Cc1ccccc1)Nc1ccccc1C(=O)N1CCN(CC2CCCO2)CC1. The van der Waals surface area contributed by atoms with Gasteiger partial charge in [-0.1, -0.05) is 42.5 Å². The lowest BCUT2D eigenvalue weighted by Gasteiger charge is -2.36. The molecule has 158 valence electrons. The summed E-state index contributed by atoms with van der Waals surface area (Å²) in [6.07, 6.45) is 2.91. The summed E-state index contributed by atoms with van der Waals surface area (Å²) < 4.78 is 5.73. The lowest BCUT2D eigenvalue weighted by molar-refractivity contribution is -0.115. The maximum Gasteiger partial charge on any atom is 0.256 e. The van der Waals surface area contributed by atoms with E-state index in [1.165, 1.54) is 0 Å². The molecule has 1 atom stereocenters. The van der Waals surface area contributed by atoms with Crippen molar-refractivity contribution < 1.29 is 14.3 Å². The van der Waals surface area contributed by atoms with Crippen LogP contribution < -0.4 is 5.32 Å². The number of hydrogen-bond donors (Lipinski definition) is 1. The molecule has 2 aliphatic rings. The van der Waals surface area contributed by atoms with Crippen molar-refractivity contribution in [3.05, 3.63) is 65.7 Å². The molecule has 30 heavy (non-hydrogen) atoms. The second-order valence-electron chi connectivity index (χ2n) is 7.98. The number of nitrogens with zero attached hydrogens (tertiary/aromatic N) is 2. The summed E-state index contributed by atoms with van der Waals surface area (Å²) in [7, 11) is 0. The molecule has 0 bridgehead atoms. The topological polar surface area (TPSA) is 61.9 Å². The highest BCUT2D eigenvalue weighted by Gasteiger charge is 2.26. The zero-order chi connectivity index (χ0) is 20.8. The predicted octanol–water partition coefficient (Wildman–Crippen LogP) is 2.80. The summed E-state index contributed by atoms with van der Waals surface area (Å²) in [6.45, 7) is 4.92. The molecule has 2 fully saturated rings. The van der Waals surface area contributed by atoms with E-state index >= 15 is 0 Å². The van der Waals surface area contributed by atoms with Crippen LogP contribution in [0.2, 0.25) is 0 Å². The van der Waals surface area contributed by atoms with Crippen LogP contribution >= 0.6 is 0 Å². The molecule has 0 radical (unpaired) electrons. The number of nitrogens with one attached hydrogen (secondary N) is 1. The Morgan fingerprint density at radius 2 is 1.70 bits per heavy atom. The molecule has 6 nitrogen and oxygen atoms in total. The Hall–Kier alpha value is -2.70. The Balaban J connectivity index is 1.34. The first kappa shape index (κ1) is 20.6. The summed E-state index contributed by atoms with van der Waals surface area (Å²) in [5.41, 5.74) is 2.07. The normalized spacial score (nSPS) is 19.6. The largest absolute Gasteiger partial charge is 0.377 e. The van der Waals surface area contributed by atoms with Crippen LogP contribution in [-0.4, -0.2) is 67.0 Å². The van der Waals surface area contributed by atoms with Crippen LogP contribution in [0.1, 0.15) is 28.8 Å². The van der Waals surface area contributed by atoms with Gasteiger partial charge < -0.3 is 15.0 Å². The molecule has 2 heterocycles. The van der Waals surface area contributed by atoms with Gasteiger partial charge in [0.15, 0.2) is 0 Å². The lowest BCUT2D eigenvalue weighted by Crippen LogP contribution is -2.50. The molecule has 2 aromatic carbocycles. The van der Waals surface area contributed by atoms with Crippen LogP contribution in [0, 0.1) is 0 Å². The third-order valence-electron chi connectivity index (χ3n) is 5.78. The molecule has 1 unspecified atom stereocenters. The van der Waals surface area contributed by atoms with Crippen molar-refractivity contribution in [3.63, 3.8) is 0 Å². The van der Waals surface area contributed by atoms with Gasteiger partial charge in [0, 0.05) is 39.3 Å². The first-order valence-corrected chi connectivity index (χ1v) is 10.7. The van der Waals surface area contributed by atoms with E-state index in [1.54, 1.807) is 12.1 Å². The highest BCUT2D eigenvalue weighted by atomic mass is 16.5. The molecule has 6 heteroatoms.